The van der Waals surface area contributed by atoms with Crippen LogP contribution in [0.2, 0.25) is 0 Å². The van der Waals surface area contributed by atoms with Crippen molar-refractivity contribution in [2.24, 2.45) is 7.05 Å². The summed E-state index contributed by atoms with van der Waals surface area (Å²) in [6, 6.07) is 11.1. The second kappa shape index (κ2) is 9.11. The van der Waals surface area contributed by atoms with Gasteiger partial charge < -0.3 is 4.74 Å². The summed E-state index contributed by atoms with van der Waals surface area (Å²) in [5.74, 6) is -0.290. The predicted octanol–water partition coefficient (Wildman–Crippen LogP) is 2.38. The fourth-order valence-corrected chi connectivity index (χ4v) is 3.80. The summed E-state index contributed by atoms with van der Waals surface area (Å²) in [4.78, 5) is 29.4. The molecule has 0 saturated carbocycles. The second-order valence-electron chi connectivity index (χ2n) is 7.67. The summed E-state index contributed by atoms with van der Waals surface area (Å²) < 4.78 is 7.06. The van der Waals surface area contributed by atoms with Gasteiger partial charge in [-0.25, -0.2) is 9.67 Å². The second-order valence-corrected chi connectivity index (χ2v) is 7.67. The summed E-state index contributed by atoms with van der Waals surface area (Å²) in [5, 5.41) is 12.0. The normalized spacial score (nSPS) is 10.9. The number of hydrogen-bond acceptors (Lipinski definition) is 6. The van der Waals surface area contributed by atoms with Crippen molar-refractivity contribution in [3.63, 3.8) is 0 Å². The number of nitrogens with zero attached hydrogens (tertiary/aromatic N) is 4. The van der Waals surface area contributed by atoms with Crippen LogP contribution in [-0.2, 0) is 18.3 Å². The molecule has 3 heterocycles. The zero-order chi connectivity index (χ0) is 23.5. The summed E-state index contributed by atoms with van der Waals surface area (Å²) in [6.45, 7) is 3.88. The minimum absolute atomic E-state index is 0.177. The van der Waals surface area contributed by atoms with E-state index in [0.29, 0.717) is 18.0 Å². The number of benzene rings is 1. The minimum Gasteiger partial charge on any atom is -0.479 e. The van der Waals surface area contributed by atoms with Gasteiger partial charge in [-0.2, -0.15) is 5.10 Å². The standard InChI is InChI=1S/C23H25N7O3/c1-13-16(14(2)24-21-20(13)23(33-4)29-30(21)3)10-11-19(31)27-28-22(32)18-12-17(25-26-18)15-8-6-5-7-9-15/h5-9,12H,10-11H2,1-4H3,(H,25,26)(H,27,31)(H,28,32). The number of rotatable bonds is 6. The molecule has 170 valence electrons. The molecule has 4 aromatic rings. The Balaban J connectivity index is 1.38. The molecule has 3 N–H and O–H groups in total. The molecule has 0 radical (unpaired) electrons. The van der Waals surface area contributed by atoms with Gasteiger partial charge in [-0.3, -0.25) is 25.5 Å². The fourth-order valence-electron chi connectivity index (χ4n) is 3.80. The van der Waals surface area contributed by atoms with E-state index in [1.54, 1.807) is 17.9 Å². The highest BCUT2D eigenvalue weighted by Crippen LogP contribution is 2.30. The number of carbonyl (C=O) groups is 2. The summed E-state index contributed by atoms with van der Waals surface area (Å²) >= 11 is 0. The van der Waals surface area contributed by atoms with E-state index in [2.05, 4.69) is 31.1 Å². The Labute approximate surface area is 190 Å². The molecular formula is C23H25N7O3. The van der Waals surface area contributed by atoms with Crippen molar-refractivity contribution in [2.75, 3.05) is 7.11 Å². The number of aromatic nitrogens is 5. The van der Waals surface area contributed by atoms with Gasteiger partial charge in [-0.15, -0.1) is 5.10 Å². The van der Waals surface area contributed by atoms with Crippen LogP contribution in [0.5, 0.6) is 5.88 Å². The van der Waals surface area contributed by atoms with Crippen LogP contribution in [0.25, 0.3) is 22.3 Å². The van der Waals surface area contributed by atoms with Crippen LogP contribution in [0.15, 0.2) is 36.4 Å². The van der Waals surface area contributed by atoms with Crippen LogP contribution in [0, 0.1) is 13.8 Å². The molecule has 0 unspecified atom stereocenters. The molecule has 0 fully saturated rings. The van der Waals surface area contributed by atoms with Crippen LogP contribution < -0.4 is 15.6 Å². The largest absolute Gasteiger partial charge is 0.479 e. The molecule has 3 aromatic heterocycles. The van der Waals surface area contributed by atoms with Gasteiger partial charge in [0, 0.05) is 24.7 Å². The first kappa shape index (κ1) is 22.0. The lowest BCUT2D eigenvalue weighted by atomic mass is 10.00. The average molecular weight is 447 g/mol. The molecule has 0 bridgehead atoms. The van der Waals surface area contributed by atoms with Gasteiger partial charge in [-0.1, -0.05) is 30.3 Å². The summed E-state index contributed by atoms with van der Waals surface area (Å²) in [6.07, 6.45) is 0.637. The van der Waals surface area contributed by atoms with Crippen molar-refractivity contribution in [1.29, 1.82) is 0 Å². The molecule has 0 aliphatic carbocycles. The zero-order valence-corrected chi connectivity index (χ0v) is 18.9. The quantitative estimate of drug-likeness (QED) is 0.390. The van der Waals surface area contributed by atoms with Gasteiger partial charge in [0.25, 0.3) is 5.91 Å². The molecule has 0 aliphatic rings. The molecule has 1 aromatic carbocycles. The number of fused-ring (bicyclic) bond motifs is 1. The highest BCUT2D eigenvalue weighted by atomic mass is 16.5. The minimum atomic E-state index is -0.478. The first-order chi connectivity index (χ1) is 15.9. The van der Waals surface area contributed by atoms with Crippen molar-refractivity contribution >= 4 is 22.8 Å². The highest BCUT2D eigenvalue weighted by molar-refractivity contribution is 5.94. The van der Waals surface area contributed by atoms with E-state index in [0.717, 1.165) is 33.4 Å². The number of aromatic amines is 1. The van der Waals surface area contributed by atoms with Gasteiger partial charge >= 0.3 is 0 Å². The maximum Gasteiger partial charge on any atom is 0.287 e. The van der Waals surface area contributed by atoms with Crippen LogP contribution in [-0.4, -0.2) is 43.9 Å². The molecule has 0 atom stereocenters. The number of carbonyl (C=O) groups excluding carboxylic acids is 2. The number of hydrazine groups is 1. The van der Waals surface area contributed by atoms with Gasteiger partial charge in [0.1, 0.15) is 5.69 Å². The molecule has 4 rings (SSSR count). The molecule has 0 spiro atoms. The summed E-state index contributed by atoms with van der Waals surface area (Å²) in [7, 11) is 3.38. The maximum atomic E-state index is 12.4. The fraction of sp³-hybridized carbons (Fsp3) is 0.261. The lowest BCUT2D eigenvalue weighted by Crippen LogP contribution is -2.41. The van der Waals surface area contributed by atoms with Crippen molar-refractivity contribution in [3.8, 4) is 17.1 Å². The smallest absolute Gasteiger partial charge is 0.287 e. The molecule has 10 nitrogen and oxygen atoms in total. The number of H-pyrrole nitrogens is 1. The monoisotopic (exact) mass is 447 g/mol. The predicted molar refractivity (Wildman–Crippen MR) is 122 cm³/mol. The average Bonchev–Trinajstić information content (AvgIpc) is 3.43. The highest BCUT2D eigenvalue weighted by Gasteiger charge is 2.19. The molecule has 33 heavy (non-hydrogen) atoms. The number of amides is 2. The number of methoxy groups -OCH3 is 1. The zero-order valence-electron chi connectivity index (χ0n) is 18.9. The van der Waals surface area contributed by atoms with E-state index < -0.39 is 5.91 Å². The van der Waals surface area contributed by atoms with Crippen molar-refractivity contribution in [3.05, 3.63) is 58.9 Å². The molecule has 0 saturated heterocycles. The van der Waals surface area contributed by atoms with E-state index in [1.165, 1.54) is 0 Å². The Morgan fingerprint density at radius 2 is 1.91 bits per heavy atom. The molecule has 10 heteroatoms. The van der Waals surface area contributed by atoms with Crippen LogP contribution in [0.4, 0.5) is 0 Å². The SMILES string of the molecule is COc1nn(C)c2nc(C)c(CCC(=O)NNC(=O)c3cc(-c4ccccc4)n[nH]3)c(C)c12. The van der Waals surface area contributed by atoms with Gasteiger partial charge in [0.05, 0.1) is 18.2 Å². The number of nitrogens with one attached hydrogen (secondary N) is 3. The number of pyridine rings is 1. The van der Waals surface area contributed by atoms with Crippen LogP contribution in [0.1, 0.15) is 33.7 Å². The van der Waals surface area contributed by atoms with E-state index >= 15 is 0 Å². The number of aryl methyl sites for hydroxylation is 3. The lowest BCUT2D eigenvalue weighted by Gasteiger charge is -2.11. The van der Waals surface area contributed by atoms with Crippen molar-refractivity contribution in [2.45, 2.75) is 26.7 Å². The van der Waals surface area contributed by atoms with Crippen molar-refractivity contribution in [1.82, 2.24) is 35.8 Å². The van der Waals surface area contributed by atoms with Gasteiger partial charge in [0.15, 0.2) is 5.65 Å². The first-order valence-electron chi connectivity index (χ1n) is 10.5. The third-order valence-electron chi connectivity index (χ3n) is 5.53. The Hall–Kier alpha value is -4.21. The topological polar surface area (TPSA) is 127 Å². The Kier molecular flexibility index (Phi) is 6.07. The van der Waals surface area contributed by atoms with E-state index in [9.17, 15) is 9.59 Å². The van der Waals surface area contributed by atoms with Crippen molar-refractivity contribution < 1.29 is 14.3 Å². The Bertz CT molecular complexity index is 1330. The third kappa shape index (κ3) is 4.40. The maximum absolute atomic E-state index is 12.4. The van der Waals surface area contributed by atoms with Crippen LogP contribution in [0.3, 0.4) is 0 Å². The molecule has 0 aliphatic heterocycles. The third-order valence-corrected chi connectivity index (χ3v) is 5.53. The first-order valence-corrected chi connectivity index (χ1v) is 10.5. The molecule has 2 amide bonds. The van der Waals surface area contributed by atoms with Crippen LogP contribution >= 0.6 is 0 Å². The van der Waals surface area contributed by atoms with E-state index in [1.807, 2.05) is 51.2 Å². The molecular weight excluding hydrogens is 422 g/mol. The summed E-state index contributed by atoms with van der Waals surface area (Å²) in [5.41, 5.74) is 10.2. The van der Waals surface area contributed by atoms with E-state index in [-0.39, 0.29) is 18.0 Å². The lowest BCUT2D eigenvalue weighted by molar-refractivity contribution is -0.121. The number of hydrogen-bond donors (Lipinski definition) is 3. The Morgan fingerprint density at radius 1 is 1.15 bits per heavy atom. The van der Waals surface area contributed by atoms with Gasteiger partial charge in [-0.05, 0) is 37.5 Å². The van der Waals surface area contributed by atoms with E-state index in [4.69, 9.17) is 4.74 Å². The van der Waals surface area contributed by atoms with Gasteiger partial charge in [0.2, 0.25) is 11.8 Å². The number of ether oxygens (including phenoxy) is 1. The Morgan fingerprint density at radius 3 is 2.64 bits per heavy atom.